The first-order chi connectivity index (χ1) is 8.58. The largest absolute Gasteiger partial charge is 0.463 e. The third-order valence-corrected chi connectivity index (χ3v) is 3.34. The van der Waals surface area contributed by atoms with E-state index in [2.05, 4.69) is 9.93 Å². The summed E-state index contributed by atoms with van der Waals surface area (Å²) in [6, 6.07) is 9.15. The molecule has 0 radical (unpaired) electrons. The van der Waals surface area contributed by atoms with Crippen LogP contribution in [0.2, 0.25) is 0 Å². The lowest BCUT2D eigenvalue weighted by atomic mass is 10.3. The summed E-state index contributed by atoms with van der Waals surface area (Å²) in [5.74, 6) is 0.454. The maximum Gasteiger partial charge on any atom is 0.276 e. The molecule has 0 aliphatic carbocycles. The van der Waals surface area contributed by atoms with Gasteiger partial charge < -0.3 is 10.2 Å². The third-order valence-electron chi connectivity index (χ3n) is 2.10. The molecule has 3 N–H and O–H groups in total. The average molecular weight is 265 g/mol. The highest BCUT2D eigenvalue weighted by atomic mass is 32.2. The number of furan rings is 1. The van der Waals surface area contributed by atoms with Gasteiger partial charge in [-0.05, 0) is 36.4 Å². The third kappa shape index (κ3) is 2.89. The maximum absolute atomic E-state index is 11.8. The highest BCUT2D eigenvalue weighted by Gasteiger charge is 2.11. The van der Waals surface area contributed by atoms with Crippen LogP contribution in [0.3, 0.4) is 0 Å². The predicted octanol–water partition coefficient (Wildman–Crippen LogP) is 1.17. The Hall–Kier alpha value is -2.28. The fourth-order valence-corrected chi connectivity index (χ4v) is 2.02. The molecule has 1 heterocycles. The summed E-state index contributed by atoms with van der Waals surface area (Å²) < 4.78 is 28.5. The number of nitrogens with one attached hydrogen (secondary N) is 1. The van der Waals surface area contributed by atoms with Crippen molar-refractivity contribution in [2.75, 3.05) is 5.73 Å². The number of hydrogen-bond donors (Lipinski definition) is 2. The van der Waals surface area contributed by atoms with Crippen LogP contribution >= 0.6 is 0 Å². The van der Waals surface area contributed by atoms with Gasteiger partial charge in [0.1, 0.15) is 5.76 Å². The topological polar surface area (TPSA) is 97.7 Å². The molecule has 1 aromatic heterocycles. The summed E-state index contributed by atoms with van der Waals surface area (Å²) >= 11 is 0. The lowest BCUT2D eigenvalue weighted by Gasteiger charge is -2.02. The van der Waals surface area contributed by atoms with E-state index in [1.54, 1.807) is 12.1 Å². The van der Waals surface area contributed by atoms with Gasteiger partial charge in [0.15, 0.2) is 0 Å². The Bertz CT molecular complexity index is 631. The smallest absolute Gasteiger partial charge is 0.276 e. The lowest BCUT2D eigenvalue weighted by molar-refractivity contribution is 0.559. The number of benzene rings is 1. The summed E-state index contributed by atoms with van der Waals surface area (Å²) in [6.07, 6.45) is 2.74. The Morgan fingerprint density at radius 1 is 1.22 bits per heavy atom. The number of nitrogens with two attached hydrogens (primary N) is 1. The van der Waals surface area contributed by atoms with Crippen molar-refractivity contribution in [1.82, 2.24) is 4.83 Å². The number of sulfonamides is 1. The zero-order valence-corrected chi connectivity index (χ0v) is 10.1. The molecule has 0 saturated carbocycles. The first-order valence-corrected chi connectivity index (χ1v) is 6.50. The number of hydrogen-bond acceptors (Lipinski definition) is 5. The molecule has 0 fully saturated rings. The minimum absolute atomic E-state index is 0.0910. The van der Waals surface area contributed by atoms with Crippen molar-refractivity contribution < 1.29 is 12.8 Å². The second-order valence-electron chi connectivity index (χ2n) is 3.44. The molecule has 18 heavy (non-hydrogen) atoms. The second-order valence-corrected chi connectivity index (χ2v) is 5.10. The van der Waals surface area contributed by atoms with E-state index in [9.17, 15) is 8.42 Å². The van der Waals surface area contributed by atoms with Crippen LogP contribution in [-0.4, -0.2) is 14.6 Å². The van der Waals surface area contributed by atoms with Crippen LogP contribution in [0.25, 0.3) is 0 Å². The molecule has 0 bridgehead atoms. The summed E-state index contributed by atoms with van der Waals surface area (Å²) in [7, 11) is -3.68. The Morgan fingerprint density at radius 2 is 1.94 bits per heavy atom. The van der Waals surface area contributed by atoms with Crippen molar-refractivity contribution in [1.29, 1.82) is 0 Å². The van der Waals surface area contributed by atoms with Crippen molar-refractivity contribution in [2.45, 2.75) is 4.90 Å². The van der Waals surface area contributed by atoms with Gasteiger partial charge in [-0.15, -0.1) is 0 Å². The molecule has 2 rings (SSSR count). The fourth-order valence-electron chi connectivity index (χ4n) is 1.22. The molecule has 6 nitrogen and oxygen atoms in total. The van der Waals surface area contributed by atoms with Crippen molar-refractivity contribution in [3.63, 3.8) is 0 Å². The van der Waals surface area contributed by atoms with Crippen molar-refractivity contribution in [2.24, 2.45) is 5.10 Å². The number of rotatable bonds is 4. The van der Waals surface area contributed by atoms with Gasteiger partial charge in [0.25, 0.3) is 10.0 Å². The van der Waals surface area contributed by atoms with Gasteiger partial charge in [-0.25, -0.2) is 0 Å². The van der Waals surface area contributed by atoms with E-state index in [4.69, 9.17) is 10.2 Å². The van der Waals surface area contributed by atoms with Crippen LogP contribution in [0.1, 0.15) is 5.76 Å². The van der Waals surface area contributed by atoms with Crippen molar-refractivity contribution >= 4 is 21.9 Å². The SMILES string of the molecule is Nc1ccc(S(=O)(=O)NN=Cc2ccco2)cc1. The van der Waals surface area contributed by atoms with E-state index < -0.39 is 10.0 Å². The van der Waals surface area contributed by atoms with Crippen LogP contribution in [-0.2, 0) is 10.0 Å². The molecule has 0 unspecified atom stereocenters. The zero-order chi connectivity index (χ0) is 13.0. The summed E-state index contributed by atoms with van der Waals surface area (Å²) in [6.45, 7) is 0. The molecule has 0 aliphatic rings. The second kappa shape index (κ2) is 4.92. The standard InChI is InChI=1S/C11H11N3O3S/c12-9-3-5-11(6-4-9)18(15,16)14-13-8-10-2-1-7-17-10/h1-8,14H,12H2. The van der Waals surface area contributed by atoms with Crippen LogP contribution in [0.4, 0.5) is 5.69 Å². The first-order valence-electron chi connectivity index (χ1n) is 5.02. The molecule has 7 heteroatoms. The number of nitrogens with zero attached hydrogens (tertiary/aromatic N) is 1. The van der Waals surface area contributed by atoms with Gasteiger partial charge >= 0.3 is 0 Å². The van der Waals surface area contributed by atoms with Crippen LogP contribution in [0, 0.1) is 0 Å². The van der Waals surface area contributed by atoms with Gasteiger partial charge in [0.2, 0.25) is 0 Å². The zero-order valence-electron chi connectivity index (χ0n) is 9.28. The summed E-state index contributed by atoms with van der Waals surface area (Å²) in [5, 5.41) is 3.60. The molecule has 0 aliphatic heterocycles. The Balaban J connectivity index is 2.10. The van der Waals surface area contributed by atoms with E-state index in [0.29, 0.717) is 11.4 Å². The molecule has 1 aromatic carbocycles. The average Bonchev–Trinajstić information content (AvgIpc) is 2.82. The van der Waals surface area contributed by atoms with E-state index in [1.807, 2.05) is 0 Å². The highest BCUT2D eigenvalue weighted by molar-refractivity contribution is 7.89. The minimum atomic E-state index is -3.68. The lowest BCUT2D eigenvalue weighted by Crippen LogP contribution is -2.18. The molecule has 0 amide bonds. The predicted molar refractivity (Wildman–Crippen MR) is 67.5 cm³/mol. The highest BCUT2D eigenvalue weighted by Crippen LogP contribution is 2.11. The molecule has 0 spiro atoms. The van der Waals surface area contributed by atoms with Gasteiger partial charge in [0, 0.05) is 5.69 Å². The summed E-state index contributed by atoms with van der Waals surface area (Å²) in [4.78, 5) is 2.16. The van der Waals surface area contributed by atoms with E-state index in [1.165, 1.54) is 36.7 Å². The van der Waals surface area contributed by atoms with Gasteiger partial charge in [-0.1, -0.05) is 0 Å². The molecule has 94 valence electrons. The Morgan fingerprint density at radius 3 is 2.56 bits per heavy atom. The number of nitrogen functional groups attached to an aromatic ring is 1. The van der Waals surface area contributed by atoms with E-state index >= 15 is 0 Å². The Labute approximate surface area is 104 Å². The Kier molecular flexibility index (Phi) is 3.33. The van der Waals surface area contributed by atoms with Crippen LogP contribution in [0.15, 0.2) is 57.1 Å². The molecular weight excluding hydrogens is 254 g/mol. The van der Waals surface area contributed by atoms with E-state index in [-0.39, 0.29) is 4.90 Å². The van der Waals surface area contributed by atoms with Crippen molar-refractivity contribution in [3.8, 4) is 0 Å². The maximum atomic E-state index is 11.8. The fraction of sp³-hybridized carbons (Fsp3) is 0. The molecule has 0 atom stereocenters. The normalized spacial score (nSPS) is 11.8. The minimum Gasteiger partial charge on any atom is -0.463 e. The van der Waals surface area contributed by atoms with Gasteiger partial charge in [-0.3, -0.25) is 0 Å². The van der Waals surface area contributed by atoms with Crippen LogP contribution < -0.4 is 10.6 Å². The molecular formula is C11H11N3O3S. The van der Waals surface area contributed by atoms with Gasteiger partial charge in [-0.2, -0.15) is 18.4 Å². The number of hydrazone groups is 1. The van der Waals surface area contributed by atoms with Crippen LogP contribution in [0.5, 0.6) is 0 Å². The number of anilines is 1. The quantitative estimate of drug-likeness (QED) is 0.492. The summed E-state index contributed by atoms with van der Waals surface area (Å²) in [5.41, 5.74) is 5.97. The van der Waals surface area contributed by atoms with Crippen molar-refractivity contribution in [3.05, 3.63) is 48.4 Å². The van der Waals surface area contributed by atoms with E-state index in [0.717, 1.165) is 0 Å². The molecule has 0 saturated heterocycles. The first kappa shape index (κ1) is 12.2. The monoisotopic (exact) mass is 265 g/mol. The molecule has 2 aromatic rings. The van der Waals surface area contributed by atoms with Gasteiger partial charge in [0.05, 0.1) is 17.4 Å².